The summed E-state index contributed by atoms with van der Waals surface area (Å²) in [6.07, 6.45) is 0. The number of sulfonamides is 1. The zero-order valence-corrected chi connectivity index (χ0v) is 24.3. The third-order valence-corrected chi connectivity index (χ3v) is 9.64. The second kappa shape index (κ2) is 11.1. The first-order valence-corrected chi connectivity index (χ1v) is 15.2. The first-order valence-electron chi connectivity index (χ1n) is 13.0. The monoisotopic (exact) mass is 542 g/mol. The number of thiazole rings is 1. The number of aryl methyl sites for hydroxylation is 2. The molecule has 3 aromatic rings. The van der Waals surface area contributed by atoms with Gasteiger partial charge in [-0.15, -0.1) is 0 Å². The van der Waals surface area contributed by atoms with Crippen molar-refractivity contribution in [1.82, 2.24) is 14.2 Å². The van der Waals surface area contributed by atoms with E-state index in [2.05, 4.69) is 30.9 Å². The summed E-state index contributed by atoms with van der Waals surface area (Å²) >= 11 is 1.71. The predicted molar refractivity (Wildman–Crippen MR) is 152 cm³/mol. The largest absolute Gasteiger partial charge is 0.345 e. The van der Waals surface area contributed by atoms with Crippen LogP contribution in [0.3, 0.4) is 0 Å². The van der Waals surface area contributed by atoms with Gasteiger partial charge in [0.05, 0.1) is 15.1 Å². The number of hydrogen-bond acceptors (Lipinski definition) is 6. The number of aromatic nitrogens is 1. The smallest absolute Gasteiger partial charge is 0.253 e. The molecule has 2 heterocycles. The zero-order valence-electron chi connectivity index (χ0n) is 22.7. The maximum Gasteiger partial charge on any atom is 0.253 e. The summed E-state index contributed by atoms with van der Waals surface area (Å²) in [5.41, 5.74) is 4.00. The van der Waals surface area contributed by atoms with Crippen molar-refractivity contribution in [2.24, 2.45) is 11.8 Å². The van der Waals surface area contributed by atoms with E-state index in [1.54, 1.807) is 39.9 Å². The van der Waals surface area contributed by atoms with Gasteiger partial charge in [-0.25, -0.2) is 13.4 Å². The molecule has 0 bridgehead atoms. The highest BCUT2D eigenvalue weighted by atomic mass is 32.2. The van der Waals surface area contributed by atoms with Crippen LogP contribution < -0.4 is 4.90 Å². The summed E-state index contributed by atoms with van der Waals surface area (Å²) < 4.78 is 29.3. The Kier molecular flexibility index (Phi) is 8.26. The van der Waals surface area contributed by atoms with Gasteiger partial charge < -0.3 is 9.80 Å². The molecule has 1 aliphatic rings. The lowest BCUT2D eigenvalue weighted by atomic mass is 10.1. The van der Waals surface area contributed by atoms with Crippen LogP contribution in [-0.4, -0.2) is 67.8 Å². The summed E-state index contributed by atoms with van der Waals surface area (Å²) in [6, 6.07) is 10.7. The first-order chi connectivity index (χ1) is 17.5. The van der Waals surface area contributed by atoms with E-state index in [4.69, 9.17) is 4.98 Å². The van der Waals surface area contributed by atoms with E-state index in [0.717, 1.165) is 23.7 Å². The molecule has 200 valence electrons. The standard InChI is InChI=1S/C28H38N4O3S2/c1-19(2)17-32(18-20(3)4)37(34,35)24-9-7-23(8-10-24)27(33)30-11-13-31(14-12-30)28-29-25-16-21(5)15-22(6)26(25)36-28/h7-10,15-16,19-20H,11-14,17-18H2,1-6H3. The molecule has 9 heteroatoms. The molecule has 37 heavy (non-hydrogen) atoms. The Labute approximate surface area is 225 Å². The molecular formula is C28H38N4O3S2. The van der Waals surface area contributed by atoms with Crippen LogP contribution in [0.4, 0.5) is 5.13 Å². The molecule has 1 saturated heterocycles. The molecule has 0 unspecified atom stereocenters. The summed E-state index contributed by atoms with van der Waals surface area (Å²) in [5.74, 6) is 0.383. The maximum absolute atomic E-state index is 13.3. The molecule has 2 aromatic carbocycles. The first kappa shape index (κ1) is 27.5. The Balaban J connectivity index is 1.42. The lowest BCUT2D eigenvalue weighted by Gasteiger charge is -2.34. The zero-order chi connectivity index (χ0) is 26.9. The fraction of sp³-hybridized carbons (Fsp3) is 0.500. The average Bonchev–Trinajstić information content (AvgIpc) is 3.27. The van der Waals surface area contributed by atoms with Gasteiger partial charge in [0.25, 0.3) is 5.91 Å². The van der Waals surface area contributed by atoms with E-state index in [1.165, 1.54) is 15.8 Å². The molecule has 0 saturated carbocycles. The molecule has 1 fully saturated rings. The molecule has 0 spiro atoms. The van der Waals surface area contributed by atoms with E-state index in [1.807, 2.05) is 32.6 Å². The molecule has 0 radical (unpaired) electrons. The maximum atomic E-state index is 13.3. The summed E-state index contributed by atoms with van der Waals surface area (Å²) in [5, 5.41) is 0.998. The number of benzene rings is 2. The highest BCUT2D eigenvalue weighted by Gasteiger charge is 2.28. The number of nitrogens with zero attached hydrogens (tertiary/aromatic N) is 4. The minimum Gasteiger partial charge on any atom is -0.345 e. The van der Waals surface area contributed by atoms with E-state index in [9.17, 15) is 13.2 Å². The number of carbonyl (C=O) groups excluding carboxylic acids is 1. The number of hydrogen-bond donors (Lipinski definition) is 0. The van der Waals surface area contributed by atoms with E-state index in [0.29, 0.717) is 31.7 Å². The molecule has 0 aliphatic carbocycles. The fourth-order valence-electron chi connectivity index (χ4n) is 4.79. The minimum absolute atomic E-state index is 0.0689. The normalized spacial score (nSPS) is 14.9. The summed E-state index contributed by atoms with van der Waals surface area (Å²) in [6.45, 7) is 15.9. The molecule has 1 aromatic heterocycles. The highest BCUT2D eigenvalue weighted by Crippen LogP contribution is 2.32. The van der Waals surface area contributed by atoms with Gasteiger partial charge in [-0.05, 0) is 67.1 Å². The van der Waals surface area contributed by atoms with Crippen molar-refractivity contribution in [2.45, 2.75) is 46.4 Å². The van der Waals surface area contributed by atoms with Crippen molar-refractivity contribution in [3.05, 3.63) is 53.1 Å². The van der Waals surface area contributed by atoms with Crippen LogP contribution in [0.15, 0.2) is 41.3 Å². The van der Waals surface area contributed by atoms with Gasteiger partial charge in [-0.2, -0.15) is 4.31 Å². The van der Waals surface area contributed by atoms with Crippen molar-refractivity contribution in [1.29, 1.82) is 0 Å². The Morgan fingerprint density at radius 3 is 2.14 bits per heavy atom. The van der Waals surface area contributed by atoms with Crippen LogP contribution in [0.5, 0.6) is 0 Å². The number of anilines is 1. The molecule has 1 aliphatic heterocycles. The quantitative estimate of drug-likeness (QED) is 0.392. The Hall–Kier alpha value is -2.49. The van der Waals surface area contributed by atoms with Crippen LogP contribution in [0.1, 0.15) is 49.2 Å². The Morgan fingerprint density at radius 2 is 1.57 bits per heavy atom. The van der Waals surface area contributed by atoms with Crippen LogP contribution in [0.2, 0.25) is 0 Å². The summed E-state index contributed by atoms with van der Waals surface area (Å²) in [7, 11) is -3.62. The van der Waals surface area contributed by atoms with Crippen molar-refractivity contribution >= 4 is 42.6 Å². The average molecular weight is 543 g/mol. The van der Waals surface area contributed by atoms with Crippen LogP contribution in [0.25, 0.3) is 10.2 Å². The summed E-state index contributed by atoms with van der Waals surface area (Å²) in [4.78, 5) is 22.4. The highest BCUT2D eigenvalue weighted by molar-refractivity contribution is 7.89. The van der Waals surface area contributed by atoms with Gasteiger partial charge in [-0.3, -0.25) is 4.79 Å². The molecule has 4 rings (SSSR count). The Bertz CT molecular complexity index is 1350. The lowest BCUT2D eigenvalue weighted by molar-refractivity contribution is 0.0746. The Morgan fingerprint density at radius 1 is 0.973 bits per heavy atom. The number of rotatable bonds is 8. The molecule has 0 atom stereocenters. The van der Waals surface area contributed by atoms with Crippen molar-refractivity contribution in [2.75, 3.05) is 44.2 Å². The predicted octanol–water partition coefficient (Wildman–Crippen LogP) is 5.18. The van der Waals surface area contributed by atoms with Crippen molar-refractivity contribution in [3.8, 4) is 0 Å². The van der Waals surface area contributed by atoms with Crippen molar-refractivity contribution in [3.63, 3.8) is 0 Å². The lowest BCUT2D eigenvalue weighted by Crippen LogP contribution is -2.48. The van der Waals surface area contributed by atoms with Gasteiger partial charge >= 0.3 is 0 Å². The van der Waals surface area contributed by atoms with Crippen LogP contribution in [0, 0.1) is 25.7 Å². The SMILES string of the molecule is Cc1cc(C)c2sc(N3CCN(C(=O)c4ccc(S(=O)(=O)N(CC(C)C)CC(C)C)cc4)CC3)nc2c1. The third-order valence-electron chi connectivity index (χ3n) is 6.52. The van der Waals surface area contributed by atoms with E-state index < -0.39 is 10.0 Å². The van der Waals surface area contributed by atoms with Gasteiger partial charge in [-0.1, -0.05) is 45.1 Å². The number of carbonyl (C=O) groups is 1. The topological polar surface area (TPSA) is 73.8 Å². The second-order valence-corrected chi connectivity index (χ2v) is 13.8. The van der Waals surface area contributed by atoms with E-state index >= 15 is 0 Å². The molecule has 1 amide bonds. The molecule has 0 N–H and O–H groups in total. The minimum atomic E-state index is -3.62. The van der Waals surface area contributed by atoms with Gasteiger partial charge in [0.1, 0.15) is 0 Å². The van der Waals surface area contributed by atoms with Gasteiger partial charge in [0.2, 0.25) is 10.0 Å². The number of fused-ring (bicyclic) bond motifs is 1. The molecular weight excluding hydrogens is 504 g/mol. The van der Waals surface area contributed by atoms with Crippen LogP contribution >= 0.6 is 11.3 Å². The van der Waals surface area contributed by atoms with Gasteiger partial charge in [0.15, 0.2) is 5.13 Å². The van der Waals surface area contributed by atoms with E-state index in [-0.39, 0.29) is 22.6 Å². The number of piperazine rings is 1. The fourth-order valence-corrected chi connectivity index (χ4v) is 7.62. The van der Waals surface area contributed by atoms with Crippen LogP contribution in [-0.2, 0) is 10.0 Å². The van der Waals surface area contributed by atoms with Crippen molar-refractivity contribution < 1.29 is 13.2 Å². The second-order valence-electron chi connectivity index (χ2n) is 10.8. The third kappa shape index (κ3) is 6.16. The molecule has 7 nitrogen and oxygen atoms in total. The number of amides is 1. The van der Waals surface area contributed by atoms with Gasteiger partial charge in [0, 0.05) is 44.8 Å².